The number of benzene rings is 2. The Morgan fingerprint density at radius 2 is 1.67 bits per heavy atom. The van der Waals surface area contributed by atoms with Gasteiger partial charge in [0, 0.05) is 35.3 Å². The number of nitrogens with zero attached hydrogens (tertiary/aromatic N) is 2. The van der Waals surface area contributed by atoms with Crippen LogP contribution in [0.25, 0.3) is 22.0 Å². The fourth-order valence-electron chi connectivity index (χ4n) is 6.31. The van der Waals surface area contributed by atoms with Crippen LogP contribution in [-0.4, -0.2) is 33.4 Å². The summed E-state index contributed by atoms with van der Waals surface area (Å²) in [6.45, 7) is 4.74. The molecule has 33 heavy (non-hydrogen) atoms. The summed E-state index contributed by atoms with van der Waals surface area (Å²) in [5, 5.41) is 8.87. The second-order valence-corrected chi connectivity index (χ2v) is 9.98. The molecule has 3 aromatic rings. The Kier molecular flexibility index (Phi) is 5.83. The van der Waals surface area contributed by atoms with Crippen molar-refractivity contribution in [3.63, 3.8) is 0 Å². The monoisotopic (exact) mass is 442 g/mol. The van der Waals surface area contributed by atoms with E-state index in [4.69, 9.17) is 11.1 Å². The van der Waals surface area contributed by atoms with Crippen LogP contribution in [0.4, 0.5) is 0 Å². The van der Waals surface area contributed by atoms with Crippen LogP contribution >= 0.6 is 0 Å². The lowest BCUT2D eigenvalue weighted by atomic mass is 9.94. The van der Waals surface area contributed by atoms with Gasteiger partial charge in [-0.1, -0.05) is 42.8 Å². The number of nitrogens with one attached hydrogen (secondary N) is 1. The molecule has 1 aromatic heterocycles. The third-order valence-electron chi connectivity index (χ3n) is 7.86. The smallest absolute Gasteiger partial charge is 0.259 e. The molecule has 1 aliphatic heterocycles. The molecule has 0 radical (unpaired) electrons. The van der Waals surface area contributed by atoms with Crippen LogP contribution in [-0.2, 0) is 0 Å². The number of fused-ring (bicyclic) bond motifs is 1. The number of pyridine rings is 1. The van der Waals surface area contributed by atoms with Crippen LogP contribution in [0.15, 0.2) is 59.4 Å². The lowest BCUT2D eigenvalue weighted by Gasteiger charge is -2.43. The van der Waals surface area contributed by atoms with E-state index >= 15 is 0 Å². The summed E-state index contributed by atoms with van der Waals surface area (Å²) in [5.41, 5.74) is 8.93. The van der Waals surface area contributed by atoms with Crippen LogP contribution in [0, 0.1) is 5.41 Å². The van der Waals surface area contributed by atoms with Crippen LogP contribution < -0.4 is 11.3 Å². The zero-order chi connectivity index (χ0) is 23.1. The molecule has 2 heterocycles. The Morgan fingerprint density at radius 3 is 2.42 bits per heavy atom. The molecule has 0 amide bonds. The number of piperidine rings is 1. The lowest BCUT2D eigenvalue weighted by molar-refractivity contribution is 0.0560. The number of amidine groups is 1. The molecule has 0 bridgehead atoms. The second kappa shape index (κ2) is 8.79. The van der Waals surface area contributed by atoms with Crippen molar-refractivity contribution in [1.29, 1.82) is 5.41 Å². The molecular weight excluding hydrogens is 408 g/mol. The van der Waals surface area contributed by atoms with Crippen molar-refractivity contribution in [1.82, 2.24) is 9.47 Å². The van der Waals surface area contributed by atoms with E-state index in [0.29, 0.717) is 29.3 Å². The molecule has 1 saturated heterocycles. The van der Waals surface area contributed by atoms with E-state index in [2.05, 4.69) is 35.4 Å². The van der Waals surface area contributed by atoms with E-state index in [1.54, 1.807) is 0 Å². The molecule has 1 aliphatic carbocycles. The summed E-state index contributed by atoms with van der Waals surface area (Å²) in [6, 6.07) is 19.7. The number of para-hydroxylation sites is 1. The molecule has 2 aromatic carbocycles. The van der Waals surface area contributed by atoms with Crippen molar-refractivity contribution >= 4 is 16.7 Å². The summed E-state index contributed by atoms with van der Waals surface area (Å²) in [6.07, 6.45) is 7.06. The molecule has 2 aliphatic rings. The van der Waals surface area contributed by atoms with E-state index in [1.165, 1.54) is 19.3 Å². The minimum absolute atomic E-state index is 0.0152. The van der Waals surface area contributed by atoms with Gasteiger partial charge in [0.05, 0.1) is 5.52 Å². The largest absolute Gasteiger partial charge is 0.384 e. The molecule has 2 fully saturated rings. The molecule has 3 N–H and O–H groups in total. The molecule has 5 heteroatoms. The van der Waals surface area contributed by atoms with Crippen molar-refractivity contribution in [2.24, 2.45) is 5.73 Å². The molecular formula is C28H34N4O. The first kappa shape index (κ1) is 21.9. The highest BCUT2D eigenvalue weighted by molar-refractivity contribution is 5.96. The van der Waals surface area contributed by atoms with Gasteiger partial charge in [0.1, 0.15) is 5.84 Å². The number of nitrogens with two attached hydrogens (primary N) is 1. The summed E-state index contributed by atoms with van der Waals surface area (Å²) in [4.78, 5) is 16.7. The van der Waals surface area contributed by atoms with E-state index in [0.717, 1.165) is 35.7 Å². The molecule has 4 atom stereocenters. The Labute approximate surface area is 195 Å². The van der Waals surface area contributed by atoms with Crippen molar-refractivity contribution in [3.8, 4) is 11.1 Å². The fourth-order valence-corrected chi connectivity index (χ4v) is 6.31. The Morgan fingerprint density at radius 1 is 0.939 bits per heavy atom. The predicted molar refractivity (Wildman–Crippen MR) is 136 cm³/mol. The molecule has 2 unspecified atom stereocenters. The number of likely N-dealkylation sites (tertiary alicyclic amines) is 1. The van der Waals surface area contributed by atoms with Gasteiger partial charge in [-0.3, -0.25) is 15.1 Å². The van der Waals surface area contributed by atoms with Crippen LogP contribution in [0.5, 0.6) is 0 Å². The quantitative estimate of drug-likeness (QED) is 0.425. The SMILES string of the molecule is C[C@@H]1CCC[C@H](C)N1C1CCC(n2c(=O)c(-c3cccc(C(=N)N)c3)cc3ccccc32)C1. The van der Waals surface area contributed by atoms with Crippen molar-refractivity contribution in [2.45, 2.75) is 76.5 Å². The topological polar surface area (TPSA) is 75.1 Å². The Balaban J connectivity index is 1.57. The normalized spacial score (nSPS) is 26.0. The van der Waals surface area contributed by atoms with Gasteiger partial charge in [0.25, 0.3) is 5.56 Å². The minimum Gasteiger partial charge on any atom is -0.384 e. The first-order valence-electron chi connectivity index (χ1n) is 12.3. The summed E-state index contributed by atoms with van der Waals surface area (Å²) >= 11 is 0. The van der Waals surface area contributed by atoms with Gasteiger partial charge < -0.3 is 10.3 Å². The van der Waals surface area contributed by atoms with Crippen molar-refractivity contribution in [3.05, 3.63) is 70.5 Å². The van der Waals surface area contributed by atoms with E-state index in [-0.39, 0.29) is 17.4 Å². The van der Waals surface area contributed by atoms with Crippen LogP contribution in [0.3, 0.4) is 0 Å². The van der Waals surface area contributed by atoms with Crippen LogP contribution in [0.1, 0.15) is 64.0 Å². The lowest BCUT2D eigenvalue weighted by Crippen LogP contribution is -2.49. The van der Waals surface area contributed by atoms with Gasteiger partial charge >= 0.3 is 0 Å². The summed E-state index contributed by atoms with van der Waals surface area (Å²) in [7, 11) is 0. The van der Waals surface area contributed by atoms with E-state index < -0.39 is 0 Å². The molecule has 5 rings (SSSR count). The number of hydrogen-bond donors (Lipinski definition) is 2. The second-order valence-electron chi connectivity index (χ2n) is 9.98. The first-order chi connectivity index (χ1) is 15.9. The number of rotatable bonds is 4. The number of aromatic nitrogens is 1. The maximum Gasteiger partial charge on any atom is 0.259 e. The van der Waals surface area contributed by atoms with Gasteiger partial charge in [-0.15, -0.1) is 0 Å². The zero-order valence-corrected chi connectivity index (χ0v) is 19.6. The van der Waals surface area contributed by atoms with Gasteiger partial charge in [0.15, 0.2) is 0 Å². The van der Waals surface area contributed by atoms with Crippen LogP contribution in [0.2, 0.25) is 0 Å². The Bertz CT molecular complexity index is 1240. The zero-order valence-electron chi connectivity index (χ0n) is 19.6. The Hall–Kier alpha value is -2.92. The summed E-state index contributed by atoms with van der Waals surface area (Å²) in [5.74, 6) is 0.0152. The van der Waals surface area contributed by atoms with E-state index in [9.17, 15) is 4.79 Å². The first-order valence-corrected chi connectivity index (χ1v) is 12.3. The van der Waals surface area contributed by atoms with Gasteiger partial charge in [0.2, 0.25) is 0 Å². The molecule has 5 nitrogen and oxygen atoms in total. The maximum absolute atomic E-state index is 13.9. The van der Waals surface area contributed by atoms with Gasteiger partial charge in [-0.25, -0.2) is 0 Å². The highest BCUT2D eigenvalue weighted by Crippen LogP contribution is 2.38. The summed E-state index contributed by atoms with van der Waals surface area (Å²) < 4.78 is 2.06. The predicted octanol–water partition coefficient (Wildman–Crippen LogP) is 5.31. The van der Waals surface area contributed by atoms with Gasteiger partial charge in [-0.2, -0.15) is 0 Å². The highest BCUT2D eigenvalue weighted by Gasteiger charge is 2.37. The molecule has 0 spiro atoms. The molecule has 172 valence electrons. The maximum atomic E-state index is 13.9. The minimum atomic E-state index is 0.0152. The average Bonchev–Trinajstić information content (AvgIpc) is 3.27. The third-order valence-corrected chi connectivity index (χ3v) is 7.86. The van der Waals surface area contributed by atoms with Crippen molar-refractivity contribution < 1.29 is 0 Å². The number of nitrogen functional groups attached to an aromatic ring is 1. The number of hydrogen-bond acceptors (Lipinski definition) is 3. The molecule has 1 saturated carbocycles. The average molecular weight is 443 g/mol. The third kappa shape index (κ3) is 3.99. The standard InChI is InChI=1S/C28H34N4O/c1-18-7-5-8-19(2)31(18)23-13-14-24(17-23)32-26-12-4-3-9-21(26)16-25(28(32)33)20-10-6-11-22(15-20)27(29)30/h3-4,6,9-12,15-16,18-19,23-24H,5,7-8,13-14,17H2,1-2H3,(H3,29,30)/t18-,19+,23?,24?. The highest BCUT2D eigenvalue weighted by atomic mass is 16.1. The van der Waals surface area contributed by atoms with Gasteiger partial charge in [-0.05, 0) is 75.1 Å². The van der Waals surface area contributed by atoms with E-state index in [1.807, 2.05) is 42.5 Å². The fraction of sp³-hybridized carbons (Fsp3) is 0.429. The van der Waals surface area contributed by atoms with Crippen molar-refractivity contribution in [2.75, 3.05) is 0 Å².